The summed E-state index contributed by atoms with van der Waals surface area (Å²) in [6, 6.07) is 6.12. The quantitative estimate of drug-likeness (QED) is 0.513. The Bertz CT molecular complexity index is 592. The largest absolute Gasteiger partial charge is 0.466 e. The summed E-state index contributed by atoms with van der Waals surface area (Å²) in [6.45, 7) is 13.4. The summed E-state index contributed by atoms with van der Waals surface area (Å²) in [4.78, 5) is 12.5. The van der Waals surface area contributed by atoms with Gasteiger partial charge >= 0.3 is 5.97 Å². The SMILES string of the molecule is CCOC(=O)C1Cc2c(Br)cccc2C1O[Si](C)(C)C(C)(C)C. The lowest BCUT2D eigenvalue weighted by molar-refractivity contribution is -0.151. The Balaban J connectivity index is 2.39. The molecule has 0 aliphatic heterocycles. The van der Waals surface area contributed by atoms with Crippen molar-refractivity contribution in [1.82, 2.24) is 0 Å². The van der Waals surface area contributed by atoms with Crippen LogP contribution in [0.4, 0.5) is 0 Å². The van der Waals surface area contributed by atoms with Crippen LogP contribution in [0.15, 0.2) is 22.7 Å². The normalized spacial score (nSPS) is 21.2. The van der Waals surface area contributed by atoms with Crippen molar-refractivity contribution in [1.29, 1.82) is 0 Å². The molecular weight excluding hydrogens is 372 g/mol. The smallest absolute Gasteiger partial charge is 0.312 e. The number of halogens is 1. The summed E-state index contributed by atoms with van der Waals surface area (Å²) in [5.41, 5.74) is 2.30. The minimum atomic E-state index is -1.99. The van der Waals surface area contributed by atoms with E-state index in [9.17, 15) is 4.79 Å². The Kier molecular flexibility index (Phi) is 5.43. The minimum absolute atomic E-state index is 0.0982. The van der Waals surface area contributed by atoms with E-state index < -0.39 is 8.32 Å². The molecule has 2 unspecified atom stereocenters. The van der Waals surface area contributed by atoms with Crippen LogP contribution in [-0.4, -0.2) is 20.9 Å². The van der Waals surface area contributed by atoms with Gasteiger partial charge in [0, 0.05) is 4.47 Å². The fraction of sp³-hybridized carbons (Fsp3) is 0.611. The van der Waals surface area contributed by atoms with Crippen LogP contribution in [-0.2, 0) is 20.4 Å². The zero-order valence-electron chi connectivity index (χ0n) is 14.9. The highest BCUT2D eigenvalue weighted by molar-refractivity contribution is 9.10. The molecule has 0 heterocycles. The second kappa shape index (κ2) is 6.69. The number of esters is 1. The first-order valence-electron chi connectivity index (χ1n) is 8.20. The van der Waals surface area contributed by atoms with Crippen LogP contribution in [0, 0.1) is 5.92 Å². The molecule has 2 rings (SSSR count). The van der Waals surface area contributed by atoms with E-state index in [0.717, 1.165) is 10.0 Å². The molecule has 3 nitrogen and oxygen atoms in total. The highest BCUT2D eigenvalue weighted by atomic mass is 79.9. The molecule has 0 N–H and O–H groups in total. The van der Waals surface area contributed by atoms with E-state index in [1.165, 1.54) is 5.56 Å². The van der Waals surface area contributed by atoms with Crippen LogP contribution in [0.5, 0.6) is 0 Å². The predicted molar refractivity (Wildman–Crippen MR) is 99.0 cm³/mol. The average Bonchev–Trinajstić information content (AvgIpc) is 2.78. The van der Waals surface area contributed by atoms with E-state index in [1.54, 1.807) is 0 Å². The van der Waals surface area contributed by atoms with Crippen LogP contribution < -0.4 is 0 Å². The minimum Gasteiger partial charge on any atom is -0.466 e. The van der Waals surface area contributed by atoms with E-state index in [2.05, 4.69) is 55.9 Å². The molecule has 23 heavy (non-hydrogen) atoms. The number of rotatable bonds is 4. The van der Waals surface area contributed by atoms with Crippen molar-refractivity contribution in [2.75, 3.05) is 6.61 Å². The first-order valence-corrected chi connectivity index (χ1v) is 11.9. The standard InChI is InChI=1S/C18H27BrO3Si/c1-7-21-17(20)14-11-13-12(9-8-10-15(13)19)16(14)22-23(5,6)18(2,3)4/h8-10,14,16H,7,11H2,1-6H3. The Morgan fingerprint density at radius 1 is 1.35 bits per heavy atom. The molecule has 0 aromatic heterocycles. The third-order valence-corrected chi connectivity index (χ3v) is 10.3. The highest BCUT2D eigenvalue weighted by Crippen LogP contribution is 2.47. The van der Waals surface area contributed by atoms with Crippen LogP contribution in [0.1, 0.15) is 44.9 Å². The lowest BCUT2D eigenvalue weighted by Gasteiger charge is -2.39. The third kappa shape index (κ3) is 3.72. The fourth-order valence-electron chi connectivity index (χ4n) is 2.70. The molecule has 1 aromatic rings. The molecule has 0 bridgehead atoms. The topological polar surface area (TPSA) is 35.5 Å². The molecular formula is C18H27BrO3Si. The van der Waals surface area contributed by atoms with Crippen molar-refractivity contribution in [3.05, 3.63) is 33.8 Å². The number of hydrogen-bond donors (Lipinski definition) is 0. The summed E-state index contributed by atoms with van der Waals surface area (Å²) in [7, 11) is -1.99. The third-order valence-electron chi connectivity index (χ3n) is 5.07. The van der Waals surface area contributed by atoms with Gasteiger partial charge in [-0.25, -0.2) is 0 Å². The lowest BCUT2D eigenvalue weighted by Crippen LogP contribution is -2.43. The number of carbonyl (C=O) groups is 1. The molecule has 1 aliphatic rings. The van der Waals surface area contributed by atoms with Crippen molar-refractivity contribution >= 4 is 30.2 Å². The van der Waals surface area contributed by atoms with Crippen LogP contribution in [0.2, 0.25) is 18.1 Å². The first kappa shape index (κ1) is 18.7. The van der Waals surface area contributed by atoms with Gasteiger partial charge in [0.1, 0.15) is 0 Å². The summed E-state index contributed by atoms with van der Waals surface area (Å²) in [6.07, 6.45) is 0.469. The van der Waals surface area contributed by atoms with E-state index >= 15 is 0 Å². The Morgan fingerprint density at radius 2 is 2.00 bits per heavy atom. The van der Waals surface area contributed by atoms with Gasteiger partial charge in [-0.15, -0.1) is 0 Å². The zero-order valence-corrected chi connectivity index (χ0v) is 17.5. The number of ether oxygens (including phenoxy) is 1. The summed E-state index contributed by atoms with van der Waals surface area (Å²) in [5, 5.41) is 0.0982. The summed E-state index contributed by atoms with van der Waals surface area (Å²) in [5.74, 6) is -0.405. The van der Waals surface area contributed by atoms with Crippen molar-refractivity contribution < 1.29 is 14.0 Å². The Labute approximate surface area is 149 Å². The van der Waals surface area contributed by atoms with Crippen LogP contribution in [0.25, 0.3) is 0 Å². The van der Waals surface area contributed by atoms with E-state index in [1.807, 2.05) is 19.1 Å². The van der Waals surface area contributed by atoms with Gasteiger partial charge in [0.15, 0.2) is 8.32 Å². The second-order valence-corrected chi connectivity index (χ2v) is 13.3. The van der Waals surface area contributed by atoms with E-state index in [-0.39, 0.29) is 23.0 Å². The van der Waals surface area contributed by atoms with Crippen molar-refractivity contribution in [2.45, 2.75) is 58.4 Å². The molecule has 5 heteroatoms. The predicted octanol–water partition coefficient (Wildman–Crippen LogP) is 5.25. The summed E-state index contributed by atoms with van der Waals surface area (Å²) < 4.78 is 13.0. The molecule has 0 amide bonds. The van der Waals surface area contributed by atoms with Gasteiger partial charge in [-0.2, -0.15) is 0 Å². The molecule has 1 aromatic carbocycles. The molecule has 0 saturated heterocycles. The average molecular weight is 399 g/mol. The zero-order chi connectivity index (χ0) is 17.4. The summed E-state index contributed by atoms with van der Waals surface area (Å²) >= 11 is 3.61. The molecule has 128 valence electrons. The molecule has 1 aliphatic carbocycles. The molecule has 0 fully saturated rings. The van der Waals surface area contributed by atoms with Gasteiger partial charge in [-0.3, -0.25) is 4.79 Å². The lowest BCUT2D eigenvalue weighted by atomic mass is 10.0. The van der Waals surface area contributed by atoms with Crippen molar-refractivity contribution in [3.63, 3.8) is 0 Å². The van der Waals surface area contributed by atoms with E-state index in [4.69, 9.17) is 9.16 Å². The van der Waals surface area contributed by atoms with Gasteiger partial charge in [0.25, 0.3) is 0 Å². The van der Waals surface area contributed by atoms with Gasteiger partial charge in [0.05, 0.1) is 18.6 Å². The van der Waals surface area contributed by atoms with Gasteiger partial charge in [-0.1, -0.05) is 48.8 Å². The van der Waals surface area contributed by atoms with E-state index in [0.29, 0.717) is 13.0 Å². The second-order valence-electron chi connectivity index (χ2n) is 7.67. The molecule has 0 saturated carbocycles. The van der Waals surface area contributed by atoms with Crippen molar-refractivity contribution in [3.8, 4) is 0 Å². The van der Waals surface area contributed by atoms with Gasteiger partial charge in [-0.05, 0) is 48.7 Å². The van der Waals surface area contributed by atoms with Crippen LogP contribution >= 0.6 is 15.9 Å². The number of benzene rings is 1. The molecule has 2 atom stereocenters. The maximum absolute atomic E-state index is 12.5. The number of carbonyl (C=O) groups excluding carboxylic acids is 1. The maximum atomic E-state index is 12.5. The fourth-order valence-corrected chi connectivity index (χ4v) is 4.52. The van der Waals surface area contributed by atoms with Gasteiger partial charge in [0.2, 0.25) is 0 Å². The number of fused-ring (bicyclic) bond motifs is 1. The highest BCUT2D eigenvalue weighted by Gasteiger charge is 2.46. The molecule has 0 spiro atoms. The number of hydrogen-bond acceptors (Lipinski definition) is 3. The maximum Gasteiger partial charge on any atom is 0.312 e. The Hall–Kier alpha value is -0.653. The molecule has 0 radical (unpaired) electrons. The van der Waals surface area contributed by atoms with Gasteiger partial charge < -0.3 is 9.16 Å². The van der Waals surface area contributed by atoms with Crippen molar-refractivity contribution in [2.24, 2.45) is 5.92 Å². The Morgan fingerprint density at radius 3 is 2.57 bits per heavy atom. The first-order chi connectivity index (χ1) is 10.6. The van der Waals surface area contributed by atoms with Crippen LogP contribution in [0.3, 0.4) is 0 Å². The monoisotopic (exact) mass is 398 g/mol.